The van der Waals surface area contributed by atoms with Crippen molar-refractivity contribution in [1.29, 1.82) is 0 Å². The zero-order chi connectivity index (χ0) is 18.5. The largest absolute Gasteiger partial charge is 0.480 e. The van der Waals surface area contributed by atoms with Crippen molar-refractivity contribution in [1.82, 2.24) is 0 Å². The van der Waals surface area contributed by atoms with Gasteiger partial charge >= 0.3 is 5.97 Å². The van der Waals surface area contributed by atoms with E-state index in [1.807, 2.05) is 12.1 Å². The van der Waals surface area contributed by atoms with Crippen LogP contribution < -0.4 is 5.32 Å². The molecule has 140 valence electrons. The Morgan fingerprint density at radius 3 is 2.12 bits per heavy atom. The first-order valence-electron chi connectivity index (χ1n) is 9.67. The lowest BCUT2D eigenvalue weighted by Gasteiger charge is -2.14. The Kier molecular flexibility index (Phi) is 10.6. The molecule has 0 aliphatic rings. The molecule has 1 aromatic carbocycles. The minimum absolute atomic E-state index is 0.0867. The third-order valence-corrected chi connectivity index (χ3v) is 4.48. The number of hydrogen-bond donors (Lipinski definition) is 2. The van der Waals surface area contributed by atoms with E-state index in [2.05, 4.69) is 12.2 Å². The molecular formula is C21H33NO3. The maximum atomic E-state index is 12.4. The molecule has 0 aromatic heterocycles. The second-order valence-corrected chi connectivity index (χ2v) is 6.75. The summed E-state index contributed by atoms with van der Waals surface area (Å²) in [5.41, 5.74) is 1.20. The van der Waals surface area contributed by atoms with Crippen molar-refractivity contribution >= 4 is 17.4 Å². The molecule has 0 heterocycles. The van der Waals surface area contributed by atoms with Crippen molar-refractivity contribution in [3.63, 3.8) is 0 Å². The van der Waals surface area contributed by atoms with Crippen molar-refractivity contribution < 1.29 is 14.7 Å². The number of benzene rings is 1. The molecule has 0 amide bonds. The van der Waals surface area contributed by atoms with Crippen LogP contribution in [0.3, 0.4) is 0 Å². The maximum absolute atomic E-state index is 12.4. The van der Waals surface area contributed by atoms with Gasteiger partial charge in [-0.15, -0.1) is 0 Å². The number of carboxylic acid groups (broad SMARTS) is 1. The summed E-state index contributed by atoms with van der Waals surface area (Å²) in [4.78, 5) is 23.4. The number of carbonyl (C=O) groups excluding carboxylic acids is 1. The highest BCUT2D eigenvalue weighted by molar-refractivity contribution is 6.01. The molecule has 1 atom stereocenters. The predicted molar refractivity (Wildman–Crippen MR) is 103 cm³/mol. The molecule has 0 bridgehead atoms. The van der Waals surface area contributed by atoms with Crippen LogP contribution in [0.15, 0.2) is 24.3 Å². The fraction of sp³-hybridized carbons (Fsp3) is 0.619. The number of carbonyl (C=O) groups is 2. The van der Waals surface area contributed by atoms with Crippen LogP contribution in [0.2, 0.25) is 0 Å². The molecule has 0 fully saturated rings. The van der Waals surface area contributed by atoms with E-state index in [9.17, 15) is 9.59 Å². The van der Waals surface area contributed by atoms with E-state index in [1.54, 1.807) is 19.1 Å². The van der Waals surface area contributed by atoms with Crippen LogP contribution in [0.25, 0.3) is 0 Å². The first kappa shape index (κ1) is 21.2. The smallest absolute Gasteiger partial charge is 0.325 e. The van der Waals surface area contributed by atoms with Gasteiger partial charge in [0.2, 0.25) is 0 Å². The number of hydrogen-bond acceptors (Lipinski definition) is 3. The average molecular weight is 347 g/mol. The minimum atomic E-state index is -0.929. The van der Waals surface area contributed by atoms with E-state index in [0.717, 1.165) is 12.8 Å². The van der Waals surface area contributed by atoms with Crippen LogP contribution in [0, 0.1) is 0 Å². The fourth-order valence-corrected chi connectivity index (χ4v) is 2.88. The number of Topliss-reactive ketones (excluding diaryl/α,β-unsaturated/α-hetero) is 1. The predicted octanol–water partition coefficient (Wildman–Crippen LogP) is 5.68. The lowest BCUT2D eigenvalue weighted by Crippen LogP contribution is -2.26. The highest BCUT2D eigenvalue weighted by Gasteiger charge is 2.15. The van der Waals surface area contributed by atoms with E-state index >= 15 is 0 Å². The summed E-state index contributed by atoms with van der Waals surface area (Å²) in [7, 11) is 0. The molecule has 0 aliphatic carbocycles. The molecule has 4 heteroatoms. The van der Waals surface area contributed by atoms with E-state index in [1.165, 1.54) is 44.9 Å². The Morgan fingerprint density at radius 1 is 0.960 bits per heavy atom. The lowest BCUT2D eigenvalue weighted by molar-refractivity contribution is -0.137. The molecule has 4 nitrogen and oxygen atoms in total. The lowest BCUT2D eigenvalue weighted by atomic mass is 10.0. The van der Waals surface area contributed by atoms with Gasteiger partial charge in [0, 0.05) is 17.7 Å². The zero-order valence-corrected chi connectivity index (χ0v) is 15.7. The Bertz CT molecular complexity index is 528. The summed E-state index contributed by atoms with van der Waals surface area (Å²) in [5.74, 6) is -0.843. The second kappa shape index (κ2) is 12.5. The summed E-state index contributed by atoms with van der Waals surface area (Å²) < 4.78 is 0. The first-order valence-corrected chi connectivity index (χ1v) is 9.67. The Labute approximate surface area is 152 Å². The molecule has 1 aromatic rings. The van der Waals surface area contributed by atoms with Crippen molar-refractivity contribution in [3.8, 4) is 0 Å². The van der Waals surface area contributed by atoms with Crippen molar-refractivity contribution in [2.45, 2.75) is 84.1 Å². The number of ketones is 1. The van der Waals surface area contributed by atoms with Crippen LogP contribution in [-0.2, 0) is 4.79 Å². The van der Waals surface area contributed by atoms with Crippen LogP contribution in [0.5, 0.6) is 0 Å². The summed E-state index contributed by atoms with van der Waals surface area (Å²) in [6.45, 7) is 3.80. The molecular weight excluding hydrogens is 314 g/mol. The van der Waals surface area contributed by atoms with E-state index in [-0.39, 0.29) is 5.78 Å². The Hall–Kier alpha value is -1.84. The Morgan fingerprint density at radius 2 is 1.52 bits per heavy atom. The number of rotatable bonds is 14. The average Bonchev–Trinajstić information content (AvgIpc) is 2.60. The number of para-hydroxylation sites is 1. The van der Waals surface area contributed by atoms with Crippen LogP contribution in [0.1, 0.15) is 88.4 Å². The highest BCUT2D eigenvalue weighted by atomic mass is 16.4. The van der Waals surface area contributed by atoms with Crippen LogP contribution in [0.4, 0.5) is 5.69 Å². The first-order chi connectivity index (χ1) is 12.1. The number of unbranched alkanes of at least 4 members (excludes halogenated alkanes) is 8. The molecule has 0 radical (unpaired) electrons. The van der Waals surface area contributed by atoms with Gasteiger partial charge in [0.1, 0.15) is 6.04 Å². The van der Waals surface area contributed by atoms with Gasteiger partial charge in [0.15, 0.2) is 5.78 Å². The maximum Gasteiger partial charge on any atom is 0.325 e. The van der Waals surface area contributed by atoms with E-state index in [4.69, 9.17) is 5.11 Å². The molecule has 0 saturated carbocycles. The molecule has 1 rings (SSSR count). The summed E-state index contributed by atoms with van der Waals surface area (Å²) >= 11 is 0. The number of nitrogens with one attached hydrogen (secondary N) is 1. The van der Waals surface area contributed by atoms with Crippen molar-refractivity contribution in [3.05, 3.63) is 29.8 Å². The highest BCUT2D eigenvalue weighted by Crippen LogP contribution is 2.20. The van der Waals surface area contributed by atoms with Gasteiger partial charge in [-0.05, 0) is 25.5 Å². The summed E-state index contributed by atoms with van der Waals surface area (Å²) in [5, 5.41) is 11.9. The van der Waals surface area contributed by atoms with Gasteiger partial charge in [-0.2, -0.15) is 0 Å². The SMILES string of the molecule is CCCCCCCCCCCC(=O)c1ccccc1NC(C)C(=O)O. The van der Waals surface area contributed by atoms with Gasteiger partial charge in [-0.25, -0.2) is 0 Å². The number of aliphatic carboxylic acids is 1. The topological polar surface area (TPSA) is 66.4 Å². The second-order valence-electron chi connectivity index (χ2n) is 6.75. The summed E-state index contributed by atoms with van der Waals surface area (Å²) in [6.07, 6.45) is 11.5. The third kappa shape index (κ3) is 8.71. The monoisotopic (exact) mass is 347 g/mol. The van der Waals surface area contributed by atoms with Gasteiger partial charge in [0.05, 0.1) is 0 Å². The fourth-order valence-electron chi connectivity index (χ4n) is 2.88. The van der Waals surface area contributed by atoms with Gasteiger partial charge in [-0.3, -0.25) is 9.59 Å². The molecule has 1 unspecified atom stereocenters. The zero-order valence-electron chi connectivity index (χ0n) is 15.7. The molecule has 0 aliphatic heterocycles. The van der Waals surface area contributed by atoms with Crippen LogP contribution in [-0.4, -0.2) is 22.9 Å². The molecule has 0 saturated heterocycles. The number of carboxylic acids is 1. The van der Waals surface area contributed by atoms with E-state index in [0.29, 0.717) is 17.7 Å². The van der Waals surface area contributed by atoms with Crippen molar-refractivity contribution in [2.24, 2.45) is 0 Å². The minimum Gasteiger partial charge on any atom is -0.480 e. The third-order valence-electron chi connectivity index (χ3n) is 4.48. The van der Waals surface area contributed by atoms with Crippen molar-refractivity contribution in [2.75, 3.05) is 5.32 Å². The Balaban J connectivity index is 2.32. The quantitative estimate of drug-likeness (QED) is 0.336. The van der Waals surface area contributed by atoms with Gasteiger partial charge in [-0.1, -0.05) is 70.4 Å². The summed E-state index contributed by atoms with van der Waals surface area (Å²) in [6, 6.07) is 6.45. The molecule has 0 spiro atoms. The van der Waals surface area contributed by atoms with Gasteiger partial charge < -0.3 is 10.4 Å². The van der Waals surface area contributed by atoms with E-state index < -0.39 is 12.0 Å². The molecule has 2 N–H and O–H groups in total. The molecule has 25 heavy (non-hydrogen) atoms. The standard InChI is InChI=1S/C21H33NO3/c1-3-4-5-6-7-8-9-10-11-16-20(23)18-14-12-13-15-19(18)22-17(2)21(24)25/h12-15,17,22H,3-11,16H2,1-2H3,(H,24,25). The van der Waals surface area contributed by atoms with Gasteiger partial charge in [0.25, 0.3) is 0 Å². The normalized spacial score (nSPS) is 11.9. The van der Waals surface area contributed by atoms with Crippen LogP contribution >= 0.6 is 0 Å². The number of anilines is 1.